The van der Waals surface area contributed by atoms with E-state index in [2.05, 4.69) is 5.32 Å². The number of carbonyl (C=O) groups is 3. The van der Waals surface area contributed by atoms with E-state index in [1.165, 1.54) is 11.0 Å². The fourth-order valence-electron chi connectivity index (χ4n) is 4.04. The van der Waals surface area contributed by atoms with Crippen LogP contribution in [-0.2, 0) is 14.4 Å². The summed E-state index contributed by atoms with van der Waals surface area (Å²) in [6.07, 6.45) is 1.41. The van der Waals surface area contributed by atoms with Gasteiger partial charge in [-0.2, -0.15) is 0 Å². The smallest absolute Gasteiger partial charge is 0.251 e. The van der Waals surface area contributed by atoms with Crippen molar-refractivity contribution in [3.05, 3.63) is 58.6 Å². The number of nitrogens with zero attached hydrogens (tertiary/aromatic N) is 2. The number of piperidine rings is 1. The van der Waals surface area contributed by atoms with Gasteiger partial charge in [0.2, 0.25) is 11.8 Å². The molecule has 0 radical (unpaired) electrons. The Bertz CT molecular complexity index is 975. The van der Waals surface area contributed by atoms with Crippen molar-refractivity contribution in [2.75, 3.05) is 23.3 Å². The van der Waals surface area contributed by atoms with Crippen LogP contribution < -0.4 is 10.2 Å². The number of hydrogen-bond donors (Lipinski definition) is 1. The molecule has 2 aliphatic heterocycles. The number of carbonyl (C=O) groups excluding carboxylic acids is 3. The molecule has 0 spiro atoms. The minimum Gasteiger partial charge on any atom is -0.326 e. The predicted octanol–water partition coefficient (Wildman–Crippen LogP) is 3.98. The van der Waals surface area contributed by atoms with E-state index in [9.17, 15) is 14.4 Å². The van der Waals surface area contributed by atoms with Crippen LogP contribution in [0.15, 0.2) is 48.5 Å². The van der Waals surface area contributed by atoms with Crippen LogP contribution in [0.2, 0.25) is 10.0 Å². The lowest BCUT2D eigenvalue weighted by Gasteiger charge is -2.34. The number of hydrogen-bond acceptors (Lipinski definition) is 4. The molecule has 8 heteroatoms. The van der Waals surface area contributed by atoms with E-state index >= 15 is 0 Å². The average Bonchev–Trinajstić information content (AvgIpc) is 3.05. The summed E-state index contributed by atoms with van der Waals surface area (Å²) in [5.74, 6) is -0.634. The molecule has 2 heterocycles. The zero-order chi connectivity index (χ0) is 21.3. The van der Waals surface area contributed by atoms with E-state index in [1.807, 2.05) is 35.2 Å². The fraction of sp³-hybridized carbons (Fsp3) is 0.318. The predicted molar refractivity (Wildman–Crippen MR) is 117 cm³/mol. The molecule has 3 amide bonds. The Hall–Kier alpha value is -2.41. The Balaban J connectivity index is 1.38. The molecule has 156 valence electrons. The number of anilines is 2. The molecular weight excluding hydrogens is 425 g/mol. The molecule has 0 bridgehead atoms. The molecule has 6 nitrogen and oxygen atoms in total. The molecule has 2 saturated heterocycles. The summed E-state index contributed by atoms with van der Waals surface area (Å²) in [4.78, 5) is 41.2. The van der Waals surface area contributed by atoms with Gasteiger partial charge in [-0.05, 0) is 56.3 Å². The summed E-state index contributed by atoms with van der Waals surface area (Å²) in [6.45, 7) is 1.18. The van der Waals surface area contributed by atoms with Crippen LogP contribution >= 0.6 is 23.2 Å². The molecular formula is C22H21Cl2N3O3. The van der Waals surface area contributed by atoms with E-state index in [0.29, 0.717) is 41.7 Å². The van der Waals surface area contributed by atoms with Crippen LogP contribution in [0.1, 0.15) is 19.3 Å². The molecule has 0 saturated carbocycles. The van der Waals surface area contributed by atoms with Gasteiger partial charge in [-0.15, -0.1) is 0 Å². The minimum absolute atomic E-state index is 0.00731. The molecule has 2 aliphatic rings. The highest BCUT2D eigenvalue weighted by molar-refractivity contribution is 6.42. The standard InChI is InChI=1S/C22H21Cl2N3O3/c23-17-7-6-16(12-18(17)24)27-20(28)13-19(22(27)30)26-10-8-14(9-11-26)21(29)25-15-4-2-1-3-5-15/h1-7,12,14,19H,8-11,13H2,(H,25,29)/t19-/m1/s1. The summed E-state index contributed by atoms with van der Waals surface area (Å²) in [6, 6.07) is 13.6. The van der Waals surface area contributed by atoms with Crippen molar-refractivity contribution in [1.29, 1.82) is 0 Å². The number of amides is 3. The average molecular weight is 446 g/mol. The second kappa shape index (κ2) is 8.76. The Kier molecular flexibility index (Phi) is 6.09. The first-order valence-corrected chi connectivity index (χ1v) is 10.6. The largest absolute Gasteiger partial charge is 0.326 e. The van der Waals surface area contributed by atoms with E-state index < -0.39 is 6.04 Å². The van der Waals surface area contributed by atoms with Crippen molar-refractivity contribution in [2.45, 2.75) is 25.3 Å². The Morgan fingerprint density at radius 3 is 2.33 bits per heavy atom. The van der Waals surface area contributed by atoms with Gasteiger partial charge in [-0.3, -0.25) is 19.3 Å². The van der Waals surface area contributed by atoms with Gasteiger partial charge < -0.3 is 5.32 Å². The van der Waals surface area contributed by atoms with Crippen LogP contribution in [0.5, 0.6) is 0 Å². The molecule has 30 heavy (non-hydrogen) atoms. The summed E-state index contributed by atoms with van der Waals surface area (Å²) in [7, 11) is 0. The van der Waals surface area contributed by atoms with Crippen molar-refractivity contribution in [3.63, 3.8) is 0 Å². The first-order chi connectivity index (χ1) is 14.4. The Morgan fingerprint density at radius 1 is 0.967 bits per heavy atom. The lowest BCUT2D eigenvalue weighted by molar-refractivity contribution is -0.123. The molecule has 1 N–H and O–H groups in total. The normalized spacial score (nSPS) is 20.6. The van der Waals surface area contributed by atoms with Gasteiger partial charge in [0.15, 0.2) is 0 Å². The van der Waals surface area contributed by atoms with Crippen LogP contribution in [0, 0.1) is 5.92 Å². The summed E-state index contributed by atoms with van der Waals surface area (Å²) >= 11 is 12.0. The van der Waals surface area contributed by atoms with Gasteiger partial charge in [-0.25, -0.2) is 4.90 Å². The number of halogens is 2. The fourth-order valence-corrected chi connectivity index (χ4v) is 4.33. The quantitative estimate of drug-likeness (QED) is 0.722. The maximum absolute atomic E-state index is 13.0. The van der Waals surface area contributed by atoms with Crippen LogP contribution in [0.4, 0.5) is 11.4 Å². The van der Waals surface area contributed by atoms with Crippen molar-refractivity contribution in [1.82, 2.24) is 4.90 Å². The lowest BCUT2D eigenvalue weighted by atomic mass is 9.94. The highest BCUT2D eigenvalue weighted by atomic mass is 35.5. The molecule has 0 aromatic heterocycles. The zero-order valence-electron chi connectivity index (χ0n) is 16.2. The second-order valence-corrected chi connectivity index (χ2v) is 8.37. The molecule has 0 aliphatic carbocycles. The van der Waals surface area contributed by atoms with E-state index in [0.717, 1.165) is 5.69 Å². The third-order valence-corrected chi connectivity index (χ3v) is 6.41. The molecule has 0 unspecified atom stereocenters. The van der Waals surface area contributed by atoms with E-state index in [-0.39, 0.29) is 30.1 Å². The van der Waals surface area contributed by atoms with Crippen LogP contribution in [-0.4, -0.2) is 41.8 Å². The number of para-hydroxylation sites is 1. The zero-order valence-corrected chi connectivity index (χ0v) is 17.7. The SMILES string of the molecule is O=C(Nc1ccccc1)C1CCN([C@@H]2CC(=O)N(c3ccc(Cl)c(Cl)c3)C2=O)CC1. The third kappa shape index (κ3) is 4.21. The topological polar surface area (TPSA) is 69.7 Å². The van der Waals surface area contributed by atoms with Gasteiger partial charge in [0.1, 0.15) is 0 Å². The molecule has 2 fully saturated rings. The van der Waals surface area contributed by atoms with Gasteiger partial charge in [0.25, 0.3) is 5.91 Å². The lowest BCUT2D eigenvalue weighted by Crippen LogP contribution is -2.47. The number of imide groups is 1. The van der Waals surface area contributed by atoms with Gasteiger partial charge >= 0.3 is 0 Å². The second-order valence-electron chi connectivity index (χ2n) is 7.55. The van der Waals surface area contributed by atoms with E-state index in [4.69, 9.17) is 23.2 Å². The number of nitrogens with one attached hydrogen (secondary N) is 1. The third-order valence-electron chi connectivity index (χ3n) is 5.67. The highest BCUT2D eigenvalue weighted by Gasteiger charge is 2.44. The van der Waals surface area contributed by atoms with Gasteiger partial charge in [-0.1, -0.05) is 41.4 Å². The van der Waals surface area contributed by atoms with Crippen molar-refractivity contribution >= 4 is 52.3 Å². The monoisotopic (exact) mass is 445 g/mol. The van der Waals surface area contributed by atoms with Crippen LogP contribution in [0.25, 0.3) is 0 Å². The van der Waals surface area contributed by atoms with Gasteiger partial charge in [0.05, 0.1) is 28.2 Å². The number of likely N-dealkylation sites (tertiary alicyclic amines) is 1. The van der Waals surface area contributed by atoms with Crippen molar-refractivity contribution < 1.29 is 14.4 Å². The van der Waals surface area contributed by atoms with E-state index in [1.54, 1.807) is 12.1 Å². The van der Waals surface area contributed by atoms with Crippen LogP contribution in [0.3, 0.4) is 0 Å². The molecule has 2 aromatic carbocycles. The van der Waals surface area contributed by atoms with Crippen molar-refractivity contribution in [3.8, 4) is 0 Å². The molecule has 2 aromatic rings. The Morgan fingerprint density at radius 2 is 1.67 bits per heavy atom. The maximum atomic E-state index is 13.0. The maximum Gasteiger partial charge on any atom is 0.251 e. The summed E-state index contributed by atoms with van der Waals surface area (Å²) in [5.41, 5.74) is 1.21. The summed E-state index contributed by atoms with van der Waals surface area (Å²) in [5, 5.41) is 3.60. The highest BCUT2D eigenvalue weighted by Crippen LogP contribution is 2.32. The molecule has 4 rings (SSSR count). The van der Waals surface area contributed by atoms with Gasteiger partial charge in [0, 0.05) is 11.6 Å². The summed E-state index contributed by atoms with van der Waals surface area (Å²) < 4.78 is 0. The number of benzene rings is 2. The Labute approximate surface area is 184 Å². The first-order valence-electron chi connectivity index (χ1n) is 9.86. The first kappa shape index (κ1) is 20.8. The number of rotatable bonds is 4. The minimum atomic E-state index is -0.509. The van der Waals surface area contributed by atoms with Crippen molar-refractivity contribution in [2.24, 2.45) is 5.92 Å². The molecule has 1 atom stereocenters.